The molecule has 2 heterocycles. The highest BCUT2D eigenvalue weighted by Gasteiger charge is 2.27. The second-order valence-electron chi connectivity index (χ2n) is 3.65. The predicted octanol–water partition coefficient (Wildman–Crippen LogP) is 0.479. The van der Waals surface area contributed by atoms with Crippen molar-refractivity contribution >= 4 is 11.5 Å². The summed E-state index contributed by atoms with van der Waals surface area (Å²) in [5.74, 6) is 0.714. The Morgan fingerprint density at radius 3 is 2.80 bits per heavy atom. The molecule has 80 valence electrons. The number of aromatic nitrogens is 1. The third-order valence-corrected chi connectivity index (χ3v) is 2.41. The molecule has 1 saturated heterocycles. The molecule has 0 radical (unpaired) electrons. The summed E-state index contributed by atoms with van der Waals surface area (Å²) in [5.41, 5.74) is 0.758. The van der Waals surface area contributed by atoms with Crippen molar-refractivity contribution in [3.63, 3.8) is 0 Å². The fraction of sp³-hybridized carbons (Fsp3) is 0.444. The van der Waals surface area contributed by atoms with E-state index in [1.54, 1.807) is 6.92 Å². The Bertz CT molecular complexity index is 402. The number of pyridine rings is 1. The molecule has 1 aromatic rings. The van der Waals surface area contributed by atoms with Crippen LogP contribution in [0.5, 0.6) is 0 Å². The van der Waals surface area contributed by atoms with Gasteiger partial charge in [-0.05, 0) is 12.5 Å². The molecule has 0 saturated carbocycles. The van der Waals surface area contributed by atoms with E-state index < -0.39 is 4.92 Å². The topological polar surface area (TPSA) is 79.5 Å². The smallest absolute Gasteiger partial charge is 0.287 e. The summed E-state index contributed by atoms with van der Waals surface area (Å²) in [5, 5.41) is 19.6. The van der Waals surface area contributed by atoms with E-state index in [-0.39, 0.29) is 11.8 Å². The van der Waals surface area contributed by atoms with Crippen LogP contribution in [0.15, 0.2) is 12.3 Å². The lowest BCUT2D eigenvalue weighted by Gasteiger charge is -2.37. The third kappa shape index (κ3) is 1.75. The van der Waals surface area contributed by atoms with Gasteiger partial charge in [0.15, 0.2) is 0 Å². The van der Waals surface area contributed by atoms with Gasteiger partial charge in [-0.3, -0.25) is 10.1 Å². The number of hydrogen-bond donors (Lipinski definition) is 1. The second kappa shape index (κ2) is 3.47. The maximum Gasteiger partial charge on any atom is 0.287 e. The molecule has 1 N–H and O–H groups in total. The molecule has 0 spiro atoms. The number of aliphatic hydroxyl groups is 1. The fourth-order valence-corrected chi connectivity index (χ4v) is 1.61. The monoisotopic (exact) mass is 209 g/mol. The van der Waals surface area contributed by atoms with Crippen LogP contribution in [-0.4, -0.2) is 34.2 Å². The second-order valence-corrected chi connectivity index (χ2v) is 3.65. The zero-order chi connectivity index (χ0) is 11.0. The van der Waals surface area contributed by atoms with Gasteiger partial charge in [0, 0.05) is 19.2 Å². The Morgan fingerprint density at radius 1 is 1.67 bits per heavy atom. The highest BCUT2D eigenvalue weighted by atomic mass is 16.6. The Labute approximate surface area is 86.3 Å². The largest absolute Gasteiger partial charge is 0.389 e. The molecule has 15 heavy (non-hydrogen) atoms. The van der Waals surface area contributed by atoms with Crippen molar-refractivity contribution in [2.45, 2.75) is 13.0 Å². The van der Waals surface area contributed by atoms with Gasteiger partial charge in [-0.2, -0.15) is 0 Å². The van der Waals surface area contributed by atoms with Gasteiger partial charge >= 0.3 is 0 Å². The van der Waals surface area contributed by atoms with Gasteiger partial charge in [0.2, 0.25) is 0 Å². The lowest BCUT2D eigenvalue weighted by molar-refractivity contribution is -0.385. The van der Waals surface area contributed by atoms with Crippen LogP contribution >= 0.6 is 0 Å². The van der Waals surface area contributed by atoms with Crippen LogP contribution in [0.1, 0.15) is 5.56 Å². The zero-order valence-electron chi connectivity index (χ0n) is 8.25. The average Bonchev–Trinajstić information content (AvgIpc) is 2.13. The number of anilines is 1. The van der Waals surface area contributed by atoms with E-state index in [1.807, 2.05) is 4.90 Å². The number of nitro groups is 1. The first-order valence-corrected chi connectivity index (χ1v) is 4.62. The minimum absolute atomic E-state index is 0.00248. The van der Waals surface area contributed by atoms with Crippen LogP contribution in [0.25, 0.3) is 0 Å². The number of aryl methyl sites for hydroxylation is 1. The molecule has 1 aromatic heterocycles. The van der Waals surface area contributed by atoms with E-state index in [1.165, 1.54) is 12.3 Å². The molecule has 2 rings (SSSR count). The molecule has 0 atom stereocenters. The van der Waals surface area contributed by atoms with Crippen molar-refractivity contribution in [3.8, 4) is 0 Å². The Hall–Kier alpha value is -1.69. The van der Waals surface area contributed by atoms with Crippen LogP contribution in [0.3, 0.4) is 0 Å². The molecule has 6 nitrogen and oxygen atoms in total. The minimum Gasteiger partial charge on any atom is -0.389 e. The quantitative estimate of drug-likeness (QED) is 0.566. The lowest BCUT2D eigenvalue weighted by Crippen LogP contribution is -2.51. The number of β-amino-alcohol motifs (C(OH)–C–C–N with tert-alkyl or cyclic N) is 1. The predicted molar refractivity (Wildman–Crippen MR) is 53.8 cm³/mol. The summed E-state index contributed by atoms with van der Waals surface area (Å²) < 4.78 is 0. The van der Waals surface area contributed by atoms with Crippen LogP contribution in [0, 0.1) is 17.0 Å². The summed E-state index contributed by atoms with van der Waals surface area (Å²) in [6.07, 6.45) is 0.939. The maximum absolute atomic E-state index is 10.5. The van der Waals surface area contributed by atoms with Crippen LogP contribution in [0.2, 0.25) is 0 Å². The van der Waals surface area contributed by atoms with Crippen molar-refractivity contribution < 1.29 is 10.0 Å². The molecule has 0 unspecified atom stereocenters. The van der Waals surface area contributed by atoms with Gasteiger partial charge in [-0.15, -0.1) is 0 Å². The van der Waals surface area contributed by atoms with Gasteiger partial charge in [-0.1, -0.05) is 0 Å². The van der Waals surface area contributed by atoms with E-state index in [0.717, 1.165) is 5.56 Å². The third-order valence-electron chi connectivity index (χ3n) is 2.41. The van der Waals surface area contributed by atoms with Crippen LogP contribution in [0.4, 0.5) is 11.5 Å². The van der Waals surface area contributed by atoms with Gasteiger partial charge < -0.3 is 10.0 Å². The van der Waals surface area contributed by atoms with Crippen molar-refractivity contribution in [2.24, 2.45) is 0 Å². The van der Waals surface area contributed by atoms with Crippen molar-refractivity contribution in [1.29, 1.82) is 0 Å². The highest BCUT2D eigenvalue weighted by molar-refractivity contribution is 5.52. The molecule has 0 bridgehead atoms. The Morgan fingerprint density at radius 2 is 2.33 bits per heavy atom. The van der Waals surface area contributed by atoms with Crippen LogP contribution in [-0.2, 0) is 0 Å². The number of aliphatic hydroxyl groups excluding tert-OH is 1. The molecule has 6 heteroatoms. The average molecular weight is 209 g/mol. The summed E-state index contributed by atoms with van der Waals surface area (Å²) in [7, 11) is 0. The van der Waals surface area contributed by atoms with Gasteiger partial charge in [-0.25, -0.2) is 4.98 Å². The first kappa shape index (κ1) is 9.85. The van der Waals surface area contributed by atoms with Crippen molar-refractivity contribution in [3.05, 3.63) is 27.9 Å². The molecule has 1 fully saturated rings. The van der Waals surface area contributed by atoms with Gasteiger partial charge in [0.05, 0.1) is 11.0 Å². The SMILES string of the molecule is Cc1cc([N+](=O)[O-])cnc1N1CC(O)C1. The highest BCUT2D eigenvalue weighted by Crippen LogP contribution is 2.24. The standard InChI is InChI=1S/C9H11N3O3/c1-6-2-7(12(14)15)3-10-9(6)11-4-8(13)5-11/h2-3,8,13H,4-5H2,1H3. The molecule has 1 aliphatic heterocycles. The van der Waals surface area contributed by atoms with E-state index >= 15 is 0 Å². The number of hydrogen-bond acceptors (Lipinski definition) is 5. The first-order chi connectivity index (χ1) is 7.08. The Balaban J connectivity index is 2.23. The molecule has 0 amide bonds. The molecule has 1 aliphatic rings. The first-order valence-electron chi connectivity index (χ1n) is 4.62. The summed E-state index contributed by atoms with van der Waals surface area (Å²) in [6.45, 7) is 2.87. The summed E-state index contributed by atoms with van der Waals surface area (Å²) in [6, 6.07) is 1.49. The summed E-state index contributed by atoms with van der Waals surface area (Å²) in [4.78, 5) is 15.9. The molecule has 0 aliphatic carbocycles. The zero-order valence-corrected chi connectivity index (χ0v) is 8.25. The van der Waals surface area contributed by atoms with Crippen molar-refractivity contribution in [1.82, 2.24) is 4.98 Å². The fourth-order valence-electron chi connectivity index (χ4n) is 1.61. The van der Waals surface area contributed by atoms with Crippen LogP contribution < -0.4 is 4.90 Å². The van der Waals surface area contributed by atoms with Crippen molar-refractivity contribution in [2.75, 3.05) is 18.0 Å². The normalized spacial score (nSPS) is 16.3. The van der Waals surface area contributed by atoms with E-state index in [2.05, 4.69) is 4.98 Å². The molecule has 0 aromatic carbocycles. The molecular weight excluding hydrogens is 198 g/mol. The molecular formula is C9H11N3O3. The van der Waals surface area contributed by atoms with Gasteiger partial charge in [0.1, 0.15) is 12.0 Å². The number of nitrogens with zero attached hydrogens (tertiary/aromatic N) is 3. The van der Waals surface area contributed by atoms with Gasteiger partial charge in [0.25, 0.3) is 5.69 Å². The number of rotatable bonds is 2. The minimum atomic E-state index is -0.464. The maximum atomic E-state index is 10.5. The van der Waals surface area contributed by atoms with E-state index in [0.29, 0.717) is 18.9 Å². The van der Waals surface area contributed by atoms with E-state index in [9.17, 15) is 10.1 Å². The lowest BCUT2D eigenvalue weighted by atomic mass is 10.1. The Kier molecular flexibility index (Phi) is 2.28. The van der Waals surface area contributed by atoms with E-state index in [4.69, 9.17) is 5.11 Å². The summed E-state index contributed by atoms with van der Waals surface area (Å²) >= 11 is 0.